The Bertz CT molecular complexity index is 604. The van der Waals surface area contributed by atoms with Crippen LogP contribution in [0.5, 0.6) is 0 Å². The van der Waals surface area contributed by atoms with E-state index in [1.807, 2.05) is 0 Å². The third-order valence-corrected chi connectivity index (χ3v) is 5.23. The number of nitrogens with two attached hydrogens (primary N) is 1. The van der Waals surface area contributed by atoms with Gasteiger partial charge < -0.3 is 5.73 Å². The van der Waals surface area contributed by atoms with Crippen molar-refractivity contribution in [3.05, 3.63) is 34.3 Å². The zero-order valence-electron chi connectivity index (χ0n) is 9.75. The summed E-state index contributed by atoms with van der Waals surface area (Å²) in [6.45, 7) is 1.98. The van der Waals surface area contributed by atoms with Gasteiger partial charge in [-0.1, -0.05) is 0 Å². The van der Waals surface area contributed by atoms with Gasteiger partial charge in [0, 0.05) is 29.2 Å². The Kier molecular flexibility index (Phi) is 3.81. The van der Waals surface area contributed by atoms with Gasteiger partial charge in [0.15, 0.2) is 0 Å². The summed E-state index contributed by atoms with van der Waals surface area (Å²) in [6, 6.07) is 1.22. The average Bonchev–Trinajstić information content (AvgIpc) is 2.99. The van der Waals surface area contributed by atoms with E-state index in [1.54, 1.807) is 30.8 Å². The van der Waals surface area contributed by atoms with E-state index >= 15 is 0 Å². The molecule has 2 aromatic rings. The van der Waals surface area contributed by atoms with Crippen molar-refractivity contribution in [1.29, 1.82) is 0 Å². The fraction of sp³-hybridized carbons (Fsp3) is 0.300. The molecule has 0 aliphatic carbocycles. The number of rotatable bonds is 5. The maximum Gasteiger partial charge on any atom is 0.242 e. The second kappa shape index (κ2) is 5.19. The molecule has 4 N–H and O–H groups in total. The number of nitrogens with one attached hydrogen (secondary N) is 2. The standard InChI is InChI=1S/C10H14N4O2S2/c1-7(8-5-12-13-6-8)14-18(15,16)10-2-3-17-9(10)4-11/h2-3,5-7,14H,4,11H2,1H3,(H,12,13). The van der Waals surface area contributed by atoms with Crippen LogP contribution in [0.2, 0.25) is 0 Å². The molecule has 0 saturated carbocycles. The lowest BCUT2D eigenvalue weighted by molar-refractivity contribution is 0.566. The van der Waals surface area contributed by atoms with E-state index in [9.17, 15) is 8.42 Å². The molecule has 18 heavy (non-hydrogen) atoms. The molecule has 6 nitrogen and oxygen atoms in total. The predicted molar refractivity (Wildman–Crippen MR) is 69.5 cm³/mol. The van der Waals surface area contributed by atoms with Crippen LogP contribution < -0.4 is 10.5 Å². The maximum absolute atomic E-state index is 12.2. The molecule has 98 valence electrons. The lowest BCUT2D eigenvalue weighted by Gasteiger charge is -2.12. The van der Waals surface area contributed by atoms with E-state index in [2.05, 4.69) is 14.9 Å². The van der Waals surface area contributed by atoms with Crippen LogP contribution in [0.15, 0.2) is 28.7 Å². The van der Waals surface area contributed by atoms with Gasteiger partial charge in [-0.15, -0.1) is 11.3 Å². The summed E-state index contributed by atoms with van der Waals surface area (Å²) < 4.78 is 27.0. The van der Waals surface area contributed by atoms with E-state index < -0.39 is 10.0 Å². The van der Waals surface area contributed by atoms with Crippen molar-refractivity contribution in [3.8, 4) is 0 Å². The van der Waals surface area contributed by atoms with Gasteiger partial charge in [0.2, 0.25) is 10.0 Å². The fourth-order valence-electron chi connectivity index (χ4n) is 1.58. The second-order valence-corrected chi connectivity index (χ2v) is 6.47. The number of thiophene rings is 1. The summed E-state index contributed by atoms with van der Waals surface area (Å²) in [5, 5.41) is 8.16. The molecular weight excluding hydrogens is 272 g/mol. The fourth-order valence-corrected chi connectivity index (χ4v) is 4.15. The van der Waals surface area contributed by atoms with E-state index in [4.69, 9.17) is 5.73 Å². The monoisotopic (exact) mass is 286 g/mol. The molecule has 0 aromatic carbocycles. The highest BCUT2D eigenvalue weighted by atomic mass is 32.2. The van der Waals surface area contributed by atoms with Crippen molar-refractivity contribution in [2.24, 2.45) is 5.73 Å². The number of nitrogens with zero attached hydrogens (tertiary/aromatic N) is 1. The molecule has 0 aliphatic rings. The predicted octanol–water partition coefficient (Wildman–Crippen LogP) is 0.969. The van der Waals surface area contributed by atoms with Crippen LogP contribution >= 0.6 is 11.3 Å². The lowest BCUT2D eigenvalue weighted by Crippen LogP contribution is -2.27. The second-order valence-electron chi connectivity index (χ2n) is 3.79. The van der Waals surface area contributed by atoms with Crippen molar-refractivity contribution in [2.45, 2.75) is 24.4 Å². The van der Waals surface area contributed by atoms with Crippen molar-refractivity contribution in [2.75, 3.05) is 0 Å². The number of hydrogen-bond donors (Lipinski definition) is 3. The molecule has 0 radical (unpaired) electrons. The molecule has 2 rings (SSSR count). The Balaban J connectivity index is 2.23. The molecule has 0 spiro atoms. The zero-order valence-corrected chi connectivity index (χ0v) is 11.4. The SMILES string of the molecule is CC(NS(=O)(=O)c1ccsc1CN)c1cn[nH]c1. The van der Waals surface area contributed by atoms with Crippen molar-refractivity contribution >= 4 is 21.4 Å². The van der Waals surface area contributed by atoms with E-state index in [1.165, 1.54) is 11.3 Å². The van der Waals surface area contributed by atoms with Crippen molar-refractivity contribution in [3.63, 3.8) is 0 Å². The van der Waals surface area contributed by atoms with Crippen LogP contribution in [0.4, 0.5) is 0 Å². The van der Waals surface area contributed by atoms with Crippen molar-refractivity contribution < 1.29 is 8.42 Å². The van der Waals surface area contributed by atoms with Crippen LogP contribution in [0, 0.1) is 0 Å². The topological polar surface area (TPSA) is 101 Å². The summed E-state index contributed by atoms with van der Waals surface area (Å²) in [7, 11) is -3.55. The quantitative estimate of drug-likeness (QED) is 0.762. The highest BCUT2D eigenvalue weighted by molar-refractivity contribution is 7.89. The Labute approximate surface area is 109 Å². The van der Waals surface area contributed by atoms with Gasteiger partial charge in [0.05, 0.1) is 11.1 Å². The van der Waals surface area contributed by atoms with E-state index in [0.29, 0.717) is 4.88 Å². The lowest BCUT2D eigenvalue weighted by atomic mass is 10.2. The summed E-state index contributed by atoms with van der Waals surface area (Å²) in [5.74, 6) is 0. The molecule has 0 fully saturated rings. The Morgan fingerprint density at radius 3 is 3.00 bits per heavy atom. The first-order valence-corrected chi connectivity index (χ1v) is 7.68. The van der Waals surface area contributed by atoms with Crippen LogP contribution in [-0.4, -0.2) is 18.6 Å². The Hall–Kier alpha value is -1.22. The van der Waals surface area contributed by atoms with Gasteiger partial charge in [0.1, 0.15) is 0 Å². The van der Waals surface area contributed by atoms with Gasteiger partial charge in [-0.2, -0.15) is 5.10 Å². The molecular formula is C10H14N4O2S2. The molecule has 0 amide bonds. The van der Waals surface area contributed by atoms with E-state index in [0.717, 1.165) is 5.56 Å². The van der Waals surface area contributed by atoms with Crippen LogP contribution in [0.1, 0.15) is 23.4 Å². The Morgan fingerprint density at radius 1 is 1.61 bits per heavy atom. The number of aromatic nitrogens is 2. The highest BCUT2D eigenvalue weighted by Gasteiger charge is 2.22. The minimum absolute atomic E-state index is 0.216. The van der Waals surface area contributed by atoms with Crippen LogP contribution in [0.3, 0.4) is 0 Å². The minimum atomic E-state index is -3.55. The number of sulfonamides is 1. The summed E-state index contributed by atoms with van der Waals surface area (Å²) >= 11 is 1.34. The first-order chi connectivity index (χ1) is 8.54. The Morgan fingerprint density at radius 2 is 2.39 bits per heavy atom. The summed E-state index contributed by atoms with van der Waals surface area (Å²) in [6.07, 6.45) is 3.25. The largest absolute Gasteiger partial charge is 0.326 e. The van der Waals surface area contributed by atoms with Crippen LogP contribution in [-0.2, 0) is 16.6 Å². The molecule has 2 aromatic heterocycles. The number of hydrogen-bond acceptors (Lipinski definition) is 5. The van der Waals surface area contributed by atoms with Gasteiger partial charge >= 0.3 is 0 Å². The zero-order chi connectivity index (χ0) is 13.2. The maximum atomic E-state index is 12.2. The molecule has 1 atom stereocenters. The first kappa shape index (κ1) is 13.2. The smallest absolute Gasteiger partial charge is 0.242 e. The van der Waals surface area contributed by atoms with Gasteiger partial charge in [-0.3, -0.25) is 5.10 Å². The van der Waals surface area contributed by atoms with Gasteiger partial charge in [-0.05, 0) is 18.4 Å². The number of aromatic amines is 1. The van der Waals surface area contributed by atoms with Crippen LogP contribution in [0.25, 0.3) is 0 Å². The molecule has 0 saturated heterocycles. The average molecular weight is 286 g/mol. The molecule has 8 heteroatoms. The normalized spacial score (nSPS) is 13.7. The first-order valence-electron chi connectivity index (χ1n) is 5.32. The minimum Gasteiger partial charge on any atom is -0.326 e. The highest BCUT2D eigenvalue weighted by Crippen LogP contribution is 2.23. The molecule has 1 unspecified atom stereocenters. The third kappa shape index (κ3) is 2.61. The molecule has 0 bridgehead atoms. The number of H-pyrrole nitrogens is 1. The van der Waals surface area contributed by atoms with E-state index in [-0.39, 0.29) is 17.5 Å². The van der Waals surface area contributed by atoms with Gasteiger partial charge in [0.25, 0.3) is 0 Å². The third-order valence-electron chi connectivity index (χ3n) is 2.53. The van der Waals surface area contributed by atoms with Gasteiger partial charge in [-0.25, -0.2) is 13.1 Å². The summed E-state index contributed by atoms with van der Waals surface area (Å²) in [5.41, 5.74) is 6.30. The summed E-state index contributed by atoms with van der Waals surface area (Å²) in [4.78, 5) is 0.909. The molecule has 0 aliphatic heterocycles. The molecule has 2 heterocycles. The van der Waals surface area contributed by atoms with Crippen molar-refractivity contribution in [1.82, 2.24) is 14.9 Å².